The van der Waals surface area contributed by atoms with Gasteiger partial charge >= 0.3 is 6.18 Å². The molecule has 1 unspecified atom stereocenters. The Morgan fingerprint density at radius 2 is 2.10 bits per heavy atom. The smallest absolute Gasteiger partial charge is 0.422 e. The second-order valence-electron chi connectivity index (χ2n) is 7.78. The van der Waals surface area contributed by atoms with Gasteiger partial charge in [-0.15, -0.1) is 0 Å². The number of ether oxygens (including phenoxy) is 2. The Morgan fingerprint density at radius 3 is 2.76 bits per heavy atom. The summed E-state index contributed by atoms with van der Waals surface area (Å²) in [6.07, 6.45) is -0.500. The SMILES string of the molecule is CC1(C)CC2(C=C(N)C1=O)CN(C(=O)c1cncc(OCC(F)(F)F)n1)CCO2. The van der Waals surface area contributed by atoms with Crippen LogP contribution < -0.4 is 10.5 Å². The normalized spacial score (nSPS) is 24.4. The highest BCUT2D eigenvalue weighted by Gasteiger charge is 2.48. The summed E-state index contributed by atoms with van der Waals surface area (Å²) in [6.45, 7) is 2.56. The number of allylic oxidation sites excluding steroid dienone is 1. The molecule has 2 N–H and O–H groups in total. The van der Waals surface area contributed by atoms with Gasteiger partial charge in [-0.1, -0.05) is 13.8 Å². The Hall–Kier alpha value is -2.69. The van der Waals surface area contributed by atoms with E-state index in [9.17, 15) is 22.8 Å². The van der Waals surface area contributed by atoms with E-state index in [2.05, 4.69) is 14.7 Å². The maximum atomic E-state index is 12.9. The average molecular weight is 414 g/mol. The summed E-state index contributed by atoms with van der Waals surface area (Å²) in [5.74, 6) is -1.11. The summed E-state index contributed by atoms with van der Waals surface area (Å²) in [5, 5.41) is 0. The van der Waals surface area contributed by atoms with Crippen LogP contribution in [0, 0.1) is 5.41 Å². The highest BCUT2D eigenvalue weighted by atomic mass is 19.4. The quantitative estimate of drug-likeness (QED) is 0.798. The number of aromatic nitrogens is 2. The molecule has 8 nitrogen and oxygen atoms in total. The number of hydrogen-bond acceptors (Lipinski definition) is 7. The molecule has 0 saturated carbocycles. The van der Waals surface area contributed by atoms with E-state index in [4.69, 9.17) is 10.5 Å². The van der Waals surface area contributed by atoms with Crippen molar-refractivity contribution >= 4 is 11.7 Å². The summed E-state index contributed by atoms with van der Waals surface area (Å²) in [6, 6.07) is 0. The molecule has 0 aromatic carbocycles. The molecule has 0 bridgehead atoms. The fraction of sp³-hybridized carbons (Fsp3) is 0.556. The minimum atomic E-state index is -4.53. The van der Waals surface area contributed by atoms with Crippen LogP contribution in [-0.2, 0) is 9.53 Å². The molecule has 3 rings (SSSR count). The third-order valence-corrected chi connectivity index (χ3v) is 4.75. The zero-order chi connectivity index (χ0) is 21.4. The molecule has 2 heterocycles. The molecule has 11 heteroatoms. The lowest BCUT2D eigenvalue weighted by Gasteiger charge is -2.46. The van der Waals surface area contributed by atoms with Crippen LogP contribution in [0.25, 0.3) is 0 Å². The Labute approximate surface area is 164 Å². The van der Waals surface area contributed by atoms with E-state index in [1.807, 2.05) is 0 Å². The minimum absolute atomic E-state index is 0.0814. The third kappa shape index (κ3) is 4.66. The van der Waals surface area contributed by atoms with Crippen LogP contribution >= 0.6 is 0 Å². The number of morpholine rings is 1. The number of nitrogens with zero attached hydrogens (tertiary/aromatic N) is 3. The molecule has 1 fully saturated rings. The van der Waals surface area contributed by atoms with Gasteiger partial charge in [0.15, 0.2) is 18.1 Å². The lowest BCUT2D eigenvalue weighted by Crippen LogP contribution is -2.57. The molecular weight excluding hydrogens is 393 g/mol. The molecular formula is C18H21F3N4O4. The number of carbonyl (C=O) groups is 2. The van der Waals surface area contributed by atoms with E-state index in [1.165, 1.54) is 11.0 Å². The van der Waals surface area contributed by atoms with E-state index in [0.717, 1.165) is 12.4 Å². The molecule has 1 atom stereocenters. The molecule has 1 aromatic rings. The Balaban J connectivity index is 1.78. The van der Waals surface area contributed by atoms with Gasteiger partial charge in [-0.3, -0.25) is 14.6 Å². The molecule has 1 aliphatic heterocycles. The van der Waals surface area contributed by atoms with Gasteiger partial charge in [0.25, 0.3) is 5.91 Å². The summed E-state index contributed by atoms with van der Waals surface area (Å²) in [4.78, 5) is 34.1. The fourth-order valence-electron chi connectivity index (χ4n) is 3.63. The molecule has 2 aliphatic rings. The summed E-state index contributed by atoms with van der Waals surface area (Å²) >= 11 is 0. The van der Waals surface area contributed by atoms with Crippen LogP contribution in [0.2, 0.25) is 0 Å². The molecule has 1 amide bonds. The standard InChI is InChI=1S/C18H21F3N4O4/c1-16(2)8-17(5-11(22)14(16)26)9-25(3-4-29-17)15(27)12-6-23-7-13(24-12)28-10-18(19,20)21/h5-7H,3-4,8-10,22H2,1-2H3. The van der Waals surface area contributed by atoms with Crippen LogP contribution in [0.1, 0.15) is 30.8 Å². The van der Waals surface area contributed by atoms with Crippen LogP contribution in [0.5, 0.6) is 5.88 Å². The predicted molar refractivity (Wildman–Crippen MR) is 93.8 cm³/mol. The topological polar surface area (TPSA) is 108 Å². The van der Waals surface area contributed by atoms with Crippen molar-refractivity contribution in [1.82, 2.24) is 14.9 Å². The first-order chi connectivity index (χ1) is 13.4. The largest absolute Gasteiger partial charge is 0.467 e. The number of Topliss-reactive ketones (excluding diaryl/α,β-unsaturated/α-hetero) is 1. The number of nitrogens with two attached hydrogens (primary N) is 1. The Bertz CT molecular complexity index is 856. The van der Waals surface area contributed by atoms with E-state index in [0.29, 0.717) is 6.42 Å². The van der Waals surface area contributed by atoms with Crippen molar-refractivity contribution in [2.24, 2.45) is 11.1 Å². The summed E-state index contributed by atoms with van der Waals surface area (Å²) in [5.41, 5.74) is 4.13. The first-order valence-corrected chi connectivity index (χ1v) is 8.89. The molecule has 1 aromatic heterocycles. The van der Waals surface area contributed by atoms with Gasteiger partial charge in [0.1, 0.15) is 5.60 Å². The molecule has 1 aliphatic carbocycles. The lowest BCUT2D eigenvalue weighted by molar-refractivity contribution is -0.154. The van der Waals surface area contributed by atoms with Gasteiger partial charge in [0.05, 0.1) is 31.2 Å². The van der Waals surface area contributed by atoms with Crippen molar-refractivity contribution in [1.29, 1.82) is 0 Å². The van der Waals surface area contributed by atoms with E-state index in [-0.39, 0.29) is 36.9 Å². The van der Waals surface area contributed by atoms with E-state index in [1.54, 1.807) is 13.8 Å². The first-order valence-electron chi connectivity index (χ1n) is 8.89. The molecule has 1 spiro atoms. The maximum absolute atomic E-state index is 12.9. The third-order valence-electron chi connectivity index (χ3n) is 4.75. The highest BCUT2D eigenvalue weighted by molar-refractivity contribution is 6.00. The molecule has 29 heavy (non-hydrogen) atoms. The van der Waals surface area contributed by atoms with E-state index < -0.39 is 35.6 Å². The minimum Gasteiger partial charge on any atom is -0.467 e. The van der Waals surface area contributed by atoms with Gasteiger partial charge in [-0.2, -0.15) is 13.2 Å². The average Bonchev–Trinajstić information content (AvgIpc) is 2.63. The van der Waals surface area contributed by atoms with Crippen LogP contribution in [-0.4, -0.2) is 64.6 Å². The number of ketones is 1. The Morgan fingerprint density at radius 1 is 1.38 bits per heavy atom. The number of amides is 1. The maximum Gasteiger partial charge on any atom is 0.422 e. The summed E-state index contributed by atoms with van der Waals surface area (Å²) in [7, 11) is 0. The van der Waals surface area contributed by atoms with Crippen molar-refractivity contribution in [2.45, 2.75) is 32.0 Å². The van der Waals surface area contributed by atoms with Crippen molar-refractivity contribution < 1.29 is 32.2 Å². The van der Waals surface area contributed by atoms with Gasteiger partial charge in [0.2, 0.25) is 5.88 Å². The number of rotatable bonds is 3. The highest BCUT2D eigenvalue weighted by Crippen LogP contribution is 2.40. The zero-order valence-corrected chi connectivity index (χ0v) is 16.0. The van der Waals surface area contributed by atoms with Crippen molar-refractivity contribution in [3.8, 4) is 5.88 Å². The summed E-state index contributed by atoms with van der Waals surface area (Å²) < 4.78 is 47.4. The second-order valence-corrected chi connectivity index (χ2v) is 7.78. The Kier molecular flexibility index (Phi) is 5.28. The monoisotopic (exact) mass is 414 g/mol. The van der Waals surface area contributed by atoms with E-state index >= 15 is 0 Å². The number of carbonyl (C=O) groups excluding carboxylic acids is 2. The lowest BCUT2D eigenvalue weighted by atomic mass is 9.71. The first kappa shape index (κ1) is 21.0. The van der Waals surface area contributed by atoms with Crippen molar-refractivity contribution in [3.05, 3.63) is 29.9 Å². The van der Waals surface area contributed by atoms with Crippen LogP contribution in [0.15, 0.2) is 24.2 Å². The van der Waals surface area contributed by atoms with Crippen molar-refractivity contribution in [2.75, 3.05) is 26.3 Å². The van der Waals surface area contributed by atoms with Crippen LogP contribution in [0.4, 0.5) is 13.2 Å². The predicted octanol–water partition coefficient (Wildman–Crippen LogP) is 1.47. The fourth-order valence-corrected chi connectivity index (χ4v) is 3.63. The zero-order valence-electron chi connectivity index (χ0n) is 16.0. The van der Waals surface area contributed by atoms with Crippen LogP contribution in [0.3, 0.4) is 0 Å². The number of alkyl halides is 3. The number of hydrogen-bond donors (Lipinski definition) is 1. The van der Waals surface area contributed by atoms with Gasteiger partial charge in [-0.05, 0) is 12.5 Å². The number of halogens is 3. The molecule has 1 saturated heterocycles. The van der Waals surface area contributed by atoms with Gasteiger partial charge in [-0.25, -0.2) is 4.98 Å². The second kappa shape index (κ2) is 7.29. The molecule has 158 valence electrons. The van der Waals surface area contributed by atoms with Crippen molar-refractivity contribution in [3.63, 3.8) is 0 Å². The molecule has 0 radical (unpaired) electrons. The van der Waals surface area contributed by atoms with Gasteiger partial charge in [0, 0.05) is 12.0 Å². The van der Waals surface area contributed by atoms with Gasteiger partial charge < -0.3 is 20.1 Å².